The summed E-state index contributed by atoms with van der Waals surface area (Å²) in [7, 11) is 0. The Morgan fingerprint density at radius 1 is 1.08 bits per heavy atom. The number of hydrogen-bond donors (Lipinski definition) is 2. The average molecular weight is 356 g/mol. The second-order valence-electron chi connectivity index (χ2n) is 5.67. The molecule has 2 heterocycles. The lowest BCUT2D eigenvalue weighted by atomic mass is 10.1. The van der Waals surface area contributed by atoms with Crippen LogP contribution >= 0.6 is 0 Å². The second-order valence-corrected chi connectivity index (χ2v) is 5.67. The number of aromatic nitrogens is 1. The Labute approximate surface area is 148 Å². The van der Waals surface area contributed by atoms with Crippen molar-refractivity contribution in [3.8, 4) is 0 Å². The highest BCUT2D eigenvalue weighted by Gasteiger charge is 2.36. The molecule has 0 saturated carbocycles. The highest BCUT2D eigenvalue weighted by molar-refractivity contribution is 6.22. The molecule has 1 aromatic heterocycles. The smallest absolute Gasteiger partial charge is 0.273 e. The summed E-state index contributed by atoms with van der Waals surface area (Å²) in [4.78, 5) is 49.0. The monoisotopic (exact) mass is 356 g/mol. The van der Waals surface area contributed by atoms with Crippen molar-refractivity contribution in [2.75, 3.05) is 19.6 Å². The van der Waals surface area contributed by atoms with Crippen LogP contribution in [-0.4, -0.2) is 53.3 Å². The van der Waals surface area contributed by atoms with Gasteiger partial charge in [-0.3, -0.25) is 24.1 Å². The van der Waals surface area contributed by atoms with E-state index in [-0.39, 0.29) is 25.3 Å². The van der Waals surface area contributed by atoms with E-state index >= 15 is 0 Å². The third kappa shape index (κ3) is 3.46. The van der Waals surface area contributed by atoms with Crippen molar-refractivity contribution in [3.63, 3.8) is 0 Å². The second kappa shape index (κ2) is 7.18. The summed E-state index contributed by atoms with van der Waals surface area (Å²) in [5.41, 5.74) is 0.737. The fraction of sp³-hybridized carbons (Fsp3) is 0.235. The zero-order chi connectivity index (χ0) is 18.7. The predicted octanol–water partition coefficient (Wildman–Crippen LogP) is 0.125. The molecule has 0 atom stereocenters. The molecule has 2 N–H and O–H groups in total. The molecule has 1 aliphatic heterocycles. The first-order chi connectivity index (χ1) is 12.5. The highest BCUT2D eigenvalue weighted by Crippen LogP contribution is 2.21. The van der Waals surface area contributed by atoms with Crippen molar-refractivity contribution in [1.82, 2.24) is 20.7 Å². The molecule has 134 valence electrons. The molecule has 9 nitrogen and oxygen atoms in total. The van der Waals surface area contributed by atoms with Gasteiger partial charge in [-0.05, 0) is 19.1 Å². The summed E-state index contributed by atoms with van der Waals surface area (Å²) in [6, 6.07) is 7.92. The molecule has 1 aromatic carbocycles. The summed E-state index contributed by atoms with van der Waals surface area (Å²) in [6.07, 6.45) is 0. The van der Waals surface area contributed by atoms with Crippen molar-refractivity contribution in [1.29, 1.82) is 0 Å². The average Bonchev–Trinajstić information content (AvgIpc) is 3.17. The molecule has 9 heteroatoms. The maximum Gasteiger partial charge on any atom is 0.273 e. The van der Waals surface area contributed by atoms with E-state index in [1.807, 2.05) is 0 Å². The van der Waals surface area contributed by atoms with Gasteiger partial charge in [0.15, 0.2) is 5.69 Å². The summed E-state index contributed by atoms with van der Waals surface area (Å²) in [5, 5.41) is 8.69. The Morgan fingerprint density at radius 3 is 2.27 bits per heavy atom. The lowest BCUT2D eigenvalue weighted by Gasteiger charge is -2.13. The van der Waals surface area contributed by atoms with Crippen LogP contribution in [-0.2, 0) is 4.79 Å². The fourth-order valence-corrected chi connectivity index (χ4v) is 2.52. The molecule has 4 amide bonds. The summed E-state index contributed by atoms with van der Waals surface area (Å²) in [5.74, 6) is -1.38. The number of aryl methyl sites for hydroxylation is 1. The molecule has 26 heavy (non-hydrogen) atoms. The zero-order valence-corrected chi connectivity index (χ0v) is 13.9. The number of hydrogen-bond acceptors (Lipinski definition) is 6. The third-order valence-electron chi connectivity index (χ3n) is 3.77. The Hall–Kier alpha value is -3.49. The Morgan fingerprint density at radius 2 is 1.69 bits per heavy atom. The van der Waals surface area contributed by atoms with Crippen LogP contribution in [0.3, 0.4) is 0 Å². The maximum absolute atomic E-state index is 12.2. The molecule has 0 bridgehead atoms. The largest absolute Gasteiger partial charge is 0.361 e. The van der Waals surface area contributed by atoms with Gasteiger partial charge in [0.2, 0.25) is 5.91 Å². The van der Waals surface area contributed by atoms with Crippen molar-refractivity contribution in [2.45, 2.75) is 6.92 Å². The molecule has 0 unspecified atom stereocenters. The molecule has 2 aromatic rings. The number of nitrogens with zero attached hydrogens (tertiary/aromatic N) is 2. The maximum atomic E-state index is 12.2. The van der Waals surface area contributed by atoms with E-state index in [0.717, 1.165) is 4.90 Å². The van der Waals surface area contributed by atoms with E-state index in [9.17, 15) is 19.2 Å². The van der Waals surface area contributed by atoms with Gasteiger partial charge in [-0.15, -0.1) is 0 Å². The van der Waals surface area contributed by atoms with Gasteiger partial charge in [-0.25, -0.2) is 0 Å². The van der Waals surface area contributed by atoms with Gasteiger partial charge in [-0.2, -0.15) is 0 Å². The van der Waals surface area contributed by atoms with E-state index in [2.05, 4.69) is 15.8 Å². The minimum absolute atomic E-state index is 0.143. The summed E-state index contributed by atoms with van der Waals surface area (Å²) >= 11 is 0. The van der Waals surface area contributed by atoms with Crippen LogP contribution < -0.4 is 10.6 Å². The molecule has 0 fully saturated rings. The van der Waals surface area contributed by atoms with Gasteiger partial charge in [0.25, 0.3) is 17.7 Å². The predicted molar refractivity (Wildman–Crippen MR) is 88.4 cm³/mol. The first-order valence-corrected chi connectivity index (χ1v) is 7.91. The van der Waals surface area contributed by atoms with Gasteiger partial charge in [-0.1, -0.05) is 17.3 Å². The molecular formula is C17H16N4O5. The van der Waals surface area contributed by atoms with E-state index < -0.39 is 23.6 Å². The Bertz CT molecular complexity index is 854. The van der Waals surface area contributed by atoms with Gasteiger partial charge in [0.05, 0.1) is 11.1 Å². The van der Waals surface area contributed by atoms with Crippen LogP contribution in [0, 0.1) is 6.92 Å². The number of benzene rings is 1. The fourth-order valence-electron chi connectivity index (χ4n) is 2.52. The van der Waals surface area contributed by atoms with Crippen LogP contribution in [0.25, 0.3) is 0 Å². The first-order valence-electron chi connectivity index (χ1n) is 7.91. The number of carbonyl (C=O) groups excluding carboxylic acids is 4. The molecule has 1 aliphatic rings. The van der Waals surface area contributed by atoms with Crippen molar-refractivity contribution in [3.05, 3.63) is 52.9 Å². The number of rotatable bonds is 6. The van der Waals surface area contributed by atoms with Gasteiger partial charge < -0.3 is 15.2 Å². The number of nitrogens with one attached hydrogen (secondary N) is 2. The summed E-state index contributed by atoms with van der Waals surface area (Å²) < 4.78 is 4.80. The molecule has 0 spiro atoms. The molecule has 0 radical (unpaired) electrons. The van der Waals surface area contributed by atoms with Crippen molar-refractivity contribution < 1.29 is 23.7 Å². The van der Waals surface area contributed by atoms with Gasteiger partial charge in [0.1, 0.15) is 12.3 Å². The number of carbonyl (C=O) groups is 4. The van der Waals surface area contributed by atoms with Crippen molar-refractivity contribution in [2.24, 2.45) is 0 Å². The third-order valence-corrected chi connectivity index (χ3v) is 3.77. The molecule has 3 rings (SSSR count). The van der Waals surface area contributed by atoms with Gasteiger partial charge >= 0.3 is 0 Å². The Balaban J connectivity index is 1.44. The number of amides is 4. The first kappa shape index (κ1) is 17.3. The van der Waals surface area contributed by atoms with E-state index in [1.54, 1.807) is 31.2 Å². The highest BCUT2D eigenvalue weighted by atomic mass is 16.5. The van der Waals surface area contributed by atoms with Crippen molar-refractivity contribution >= 4 is 23.6 Å². The van der Waals surface area contributed by atoms with Crippen LogP contribution in [0.1, 0.15) is 37.0 Å². The molecule has 0 saturated heterocycles. The molecule has 0 aliphatic carbocycles. The standard InChI is InChI=1S/C17H16N4O5/c1-10-8-13(20-26-10)15(23)19-7-6-18-14(22)9-21-16(24)11-4-2-3-5-12(11)17(21)25/h2-5,8H,6-7,9H2,1H3,(H,18,22)(H,19,23). The van der Waals surface area contributed by atoms with Gasteiger partial charge in [0, 0.05) is 19.2 Å². The molecular weight excluding hydrogens is 340 g/mol. The lowest BCUT2D eigenvalue weighted by molar-refractivity contribution is -0.121. The summed E-state index contributed by atoms with van der Waals surface area (Å²) in [6.45, 7) is 1.61. The SMILES string of the molecule is Cc1cc(C(=O)NCCNC(=O)CN2C(=O)c3ccccc3C2=O)no1. The topological polar surface area (TPSA) is 122 Å². The quantitative estimate of drug-likeness (QED) is 0.560. The minimum Gasteiger partial charge on any atom is -0.361 e. The van der Waals surface area contributed by atoms with Crippen LogP contribution in [0.2, 0.25) is 0 Å². The van der Waals surface area contributed by atoms with E-state index in [4.69, 9.17) is 4.52 Å². The Kier molecular flexibility index (Phi) is 4.78. The number of imide groups is 1. The lowest BCUT2D eigenvalue weighted by Crippen LogP contribution is -2.42. The minimum atomic E-state index is -0.494. The van der Waals surface area contributed by atoms with Crippen LogP contribution in [0.15, 0.2) is 34.9 Å². The normalized spacial score (nSPS) is 12.9. The van der Waals surface area contributed by atoms with E-state index in [0.29, 0.717) is 16.9 Å². The van der Waals surface area contributed by atoms with Crippen LogP contribution in [0.4, 0.5) is 0 Å². The zero-order valence-electron chi connectivity index (χ0n) is 13.9. The van der Waals surface area contributed by atoms with E-state index in [1.165, 1.54) is 6.07 Å². The number of fused-ring (bicyclic) bond motifs is 1. The van der Waals surface area contributed by atoms with Crippen LogP contribution in [0.5, 0.6) is 0 Å².